The minimum atomic E-state index is 0.0232. The van der Waals surface area contributed by atoms with Gasteiger partial charge in [-0.2, -0.15) is 0 Å². The predicted octanol–water partition coefficient (Wildman–Crippen LogP) is 0.370. The summed E-state index contributed by atoms with van der Waals surface area (Å²) in [5.74, 6) is 0. The molecule has 0 aromatic carbocycles. The van der Waals surface area contributed by atoms with Crippen molar-refractivity contribution < 1.29 is 9.53 Å². The van der Waals surface area contributed by atoms with Crippen LogP contribution in [0.25, 0.3) is 0 Å². The van der Waals surface area contributed by atoms with Gasteiger partial charge in [0, 0.05) is 39.8 Å². The molecule has 0 radical (unpaired) electrons. The lowest BCUT2D eigenvalue weighted by Gasteiger charge is -2.28. The number of urea groups is 1. The first kappa shape index (κ1) is 13.3. The lowest BCUT2D eigenvalue weighted by atomic mass is 10.4. The molecule has 1 aliphatic heterocycles. The van der Waals surface area contributed by atoms with Crippen molar-refractivity contribution in [2.75, 3.05) is 53.0 Å². The highest BCUT2D eigenvalue weighted by molar-refractivity contribution is 5.73. The zero-order valence-electron chi connectivity index (χ0n) is 10.4. The summed E-state index contributed by atoms with van der Waals surface area (Å²) in [6.45, 7) is 8.08. The summed E-state index contributed by atoms with van der Waals surface area (Å²) in [6.07, 6.45) is 0.975. The Kier molecular flexibility index (Phi) is 6.18. The molecule has 0 aromatic rings. The molecule has 0 aliphatic carbocycles. The summed E-state index contributed by atoms with van der Waals surface area (Å²) >= 11 is 0. The highest BCUT2D eigenvalue weighted by atomic mass is 16.5. The van der Waals surface area contributed by atoms with Crippen LogP contribution in [-0.2, 0) is 4.74 Å². The fourth-order valence-electron chi connectivity index (χ4n) is 1.58. The Morgan fingerprint density at radius 3 is 2.75 bits per heavy atom. The lowest BCUT2D eigenvalue weighted by molar-refractivity contribution is 0.0357. The molecule has 0 atom stereocenters. The van der Waals surface area contributed by atoms with Gasteiger partial charge < -0.3 is 15.0 Å². The van der Waals surface area contributed by atoms with E-state index >= 15 is 0 Å². The number of nitrogens with zero attached hydrogens (tertiary/aromatic N) is 2. The number of likely N-dealkylation sites (N-methyl/N-ethyl adjacent to an activating group) is 1. The lowest BCUT2D eigenvalue weighted by Crippen LogP contribution is -2.44. The summed E-state index contributed by atoms with van der Waals surface area (Å²) in [6, 6.07) is 0.0232. The molecule has 0 aromatic heterocycles. The van der Waals surface area contributed by atoms with Gasteiger partial charge in [-0.15, -0.1) is 0 Å². The number of carbonyl (C=O) groups excluding carboxylic acids is 1. The second-order valence-corrected chi connectivity index (χ2v) is 4.11. The van der Waals surface area contributed by atoms with Crippen LogP contribution in [0.5, 0.6) is 0 Å². The normalized spacial score (nSPS) is 17.1. The van der Waals surface area contributed by atoms with E-state index in [4.69, 9.17) is 4.74 Å². The average molecular weight is 229 g/mol. The van der Waals surface area contributed by atoms with E-state index < -0.39 is 0 Å². The van der Waals surface area contributed by atoms with Crippen molar-refractivity contribution in [1.29, 1.82) is 0 Å². The van der Waals surface area contributed by atoms with Gasteiger partial charge >= 0.3 is 6.03 Å². The fraction of sp³-hybridized carbons (Fsp3) is 0.909. The van der Waals surface area contributed by atoms with Gasteiger partial charge in [0.2, 0.25) is 0 Å². The van der Waals surface area contributed by atoms with Crippen molar-refractivity contribution in [3.05, 3.63) is 0 Å². The molecular weight excluding hydrogens is 206 g/mol. The van der Waals surface area contributed by atoms with E-state index in [9.17, 15) is 4.79 Å². The fourth-order valence-corrected chi connectivity index (χ4v) is 1.58. The SMILES string of the molecule is CCCNC(=O)N(C)CCN1CCOCC1. The van der Waals surface area contributed by atoms with Crippen molar-refractivity contribution in [2.24, 2.45) is 0 Å². The van der Waals surface area contributed by atoms with Crippen molar-refractivity contribution in [2.45, 2.75) is 13.3 Å². The molecule has 0 spiro atoms. The summed E-state index contributed by atoms with van der Waals surface area (Å²) in [5, 5.41) is 2.86. The van der Waals surface area contributed by atoms with Gasteiger partial charge in [0.1, 0.15) is 0 Å². The van der Waals surface area contributed by atoms with Crippen LogP contribution in [0.2, 0.25) is 0 Å². The van der Waals surface area contributed by atoms with Gasteiger partial charge in [0.05, 0.1) is 13.2 Å². The first-order chi connectivity index (χ1) is 7.74. The Labute approximate surface area is 97.7 Å². The summed E-state index contributed by atoms with van der Waals surface area (Å²) in [4.78, 5) is 15.6. The molecule has 2 amide bonds. The monoisotopic (exact) mass is 229 g/mol. The van der Waals surface area contributed by atoms with E-state index in [1.807, 2.05) is 14.0 Å². The Balaban J connectivity index is 2.12. The number of nitrogens with one attached hydrogen (secondary N) is 1. The molecule has 1 saturated heterocycles. The second-order valence-electron chi connectivity index (χ2n) is 4.11. The van der Waals surface area contributed by atoms with Gasteiger partial charge in [-0.05, 0) is 6.42 Å². The van der Waals surface area contributed by atoms with Crippen LogP contribution in [0.4, 0.5) is 4.79 Å². The molecule has 0 saturated carbocycles. The van der Waals surface area contributed by atoms with E-state index in [2.05, 4.69) is 10.2 Å². The third-order valence-electron chi connectivity index (χ3n) is 2.73. The smallest absolute Gasteiger partial charge is 0.317 e. The zero-order valence-corrected chi connectivity index (χ0v) is 10.4. The van der Waals surface area contributed by atoms with Crippen LogP contribution in [0.3, 0.4) is 0 Å². The molecule has 16 heavy (non-hydrogen) atoms. The van der Waals surface area contributed by atoms with Gasteiger partial charge in [0.25, 0.3) is 0 Å². The highest BCUT2D eigenvalue weighted by Crippen LogP contribution is 1.96. The Bertz CT molecular complexity index is 205. The second kappa shape index (κ2) is 7.46. The largest absolute Gasteiger partial charge is 0.379 e. The maximum absolute atomic E-state index is 11.5. The van der Waals surface area contributed by atoms with Crippen LogP contribution < -0.4 is 5.32 Å². The summed E-state index contributed by atoms with van der Waals surface area (Å²) in [5.41, 5.74) is 0. The summed E-state index contributed by atoms with van der Waals surface area (Å²) < 4.78 is 5.27. The minimum absolute atomic E-state index is 0.0232. The number of ether oxygens (including phenoxy) is 1. The maximum atomic E-state index is 11.5. The first-order valence-electron chi connectivity index (χ1n) is 6.03. The van der Waals surface area contributed by atoms with Crippen LogP contribution in [0.1, 0.15) is 13.3 Å². The molecule has 1 N–H and O–H groups in total. The molecule has 5 heteroatoms. The minimum Gasteiger partial charge on any atom is -0.379 e. The topological polar surface area (TPSA) is 44.8 Å². The van der Waals surface area contributed by atoms with Gasteiger partial charge in [0.15, 0.2) is 0 Å². The van der Waals surface area contributed by atoms with Crippen molar-refractivity contribution in [3.63, 3.8) is 0 Å². The zero-order chi connectivity index (χ0) is 11.8. The maximum Gasteiger partial charge on any atom is 0.317 e. The van der Waals surface area contributed by atoms with Crippen LogP contribution in [0.15, 0.2) is 0 Å². The van der Waals surface area contributed by atoms with Crippen LogP contribution >= 0.6 is 0 Å². The van der Waals surface area contributed by atoms with Crippen molar-refractivity contribution in [1.82, 2.24) is 15.1 Å². The first-order valence-corrected chi connectivity index (χ1v) is 6.03. The molecule has 1 heterocycles. The van der Waals surface area contributed by atoms with E-state index in [1.54, 1.807) is 4.90 Å². The molecule has 1 rings (SSSR count). The number of morpholine rings is 1. The third kappa shape index (κ3) is 4.81. The van der Waals surface area contributed by atoms with Crippen LogP contribution in [0, 0.1) is 0 Å². The number of carbonyl (C=O) groups is 1. The highest BCUT2D eigenvalue weighted by Gasteiger charge is 2.12. The number of rotatable bonds is 5. The van der Waals surface area contributed by atoms with E-state index in [0.717, 1.165) is 52.4 Å². The third-order valence-corrected chi connectivity index (χ3v) is 2.73. The van der Waals surface area contributed by atoms with Crippen molar-refractivity contribution >= 4 is 6.03 Å². The van der Waals surface area contributed by atoms with Gasteiger partial charge in [-0.25, -0.2) is 4.79 Å². The molecule has 1 aliphatic rings. The Morgan fingerprint density at radius 2 is 2.12 bits per heavy atom. The molecule has 5 nitrogen and oxygen atoms in total. The van der Waals surface area contributed by atoms with Crippen molar-refractivity contribution in [3.8, 4) is 0 Å². The molecule has 0 bridgehead atoms. The quantitative estimate of drug-likeness (QED) is 0.741. The van der Waals surface area contributed by atoms with Crippen LogP contribution in [-0.4, -0.2) is 68.8 Å². The Hall–Kier alpha value is -0.810. The Morgan fingerprint density at radius 1 is 1.44 bits per heavy atom. The average Bonchev–Trinajstić information content (AvgIpc) is 2.34. The number of amides is 2. The van der Waals surface area contributed by atoms with Gasteiger partial charge in [-0.3, -0.25) is 4.90 Å². The standard InChI is InChI=1S/C11H23N3O2/c1-3-4-12-11(15)13(2)5-6-14-7-9-16-10-8-14/h3-10H2,1-2H3,(H,12,15). The molecule has 1 fully saturated rings. The van der Waals surface area contributed by atoms with E-state index in [0.29, 0.717) is 0 Å². The number of hydrogen-bond donors (Lipinski definition) is 1. The van der Waals surface area contributed by atoms with E-state index in [1.165, 1.54) is 0 Å². The van der Waals surface area contributed by atoms with Gasteiger partial charge in [-0.1, -0.05) is 6.92 Å². The summed E-state index contributed by atoms with van der Waals surface area (Å²) in [7, 11) is 1.84. The molecule has 0 unspecified atom stereocenters. The molecule has 94 valence electrons. The van der Waals surface area contributed by atoms with E-state index in [-0.39, 0.29) is 6.03 Å². The number of hydrogen-bond acceptors (Lipinski definition) is 3. The molecular formula is C11H23N3O2. The predicted molar refractivity (Wildman–Crippen MR) is 63.6 cm³/mol.